The first-order valence-electron chi connectivity index (χ1n) is 14.4. The lowest BCUT2D eigenvalue weighted by Gasteiger charge is -2.51. The second-order valence-electron chi connectivity index (χ2n) is 12.8. The minimum atomic E-state index is -1.84. The highest BCUT2D eigenvalue weighted by Crippen LogP contribution is 2.74. The van der Waals surface area contributed by atoms with Gasteiger partial charge in [0.25, 0.3) is 0 Å². The van der Waals surface area contributed by atoms with Gasteiger partial charge in [0.2, 0.25) is 0 Å². The second-order valence-corrected chi connectivity index (χ2v) is 12.8. The van der Waals surface area contributed by atoms with Gasteiger partial charge < -0.3 is 35.7 Å². The first-order chi connectivity index (χ1) is 20.5. The maximum Gasteiger partial charge on any atom is 0.335 e. The first-order valence-corrected chi connectivity index (χ1v) is 14.4. The summed E-state index contributed by atoms with van der Waals surface area (Å²) in [4.78, 5) is 33.1. The Morgan fingerprint density at radius 2 is 1.34 bits per heavy atom. The van der Waals surface area contributed by atoms with Crippen LogP contribution in [0.2, 0.25) is 0 Å². The molecule has 1 unspecified atom stereocenters. The number of hydrogen-bond donors (Lipinski definition) is 7. The number of hydrogen-bond acceptors (Lipinski definition) is 8. The molecule has 4 aliphatic rings. The maximum absolute atomic E-state index is 12.7. The van der Waals surface area contributed by atoms with Gasteiger partial charge in [-0.25, -0.2) is 9.59 Å². The zero-order chi connectivity index (χ0) is 32.8. The summed E-state index contributed by atoms with van der Waals surface area (Å²) in [6.45, 7) is 6.63. The summed E-state index contributed by atoms with van der Waals surface area (Å²) in [6, 6.07) is 16.6. The van der Waals surface area contributed by atoms with E-state index in [0.717, 1.165) is 0 Å². The van der Waals surface area contributed by atoms with Gasteiger partial charge in [-0.1, -0.05) is 69.3 Å². The number of Topliss-reactive ketones (excluding diaryl/α,β-unsaturated/α-hetero) is 1. The van der Waals surface area contributed by atoms with Crippen molar-refractivity contribution >= 4 is 17.7 Å². The largest absolute Gasteiger partial charge is 0.478 e. The molecule has 10 nitrogen and oxygen atoms in total. The third-order valence-electron chi connectivity index (χ3n) is 10.1. The van der Waals surface area contributed by atoms with Crippen molar-refractivity contribution in [1.29, 1.82) is 0 Å². The summed E-state index contributed by atoms with van der Waals surface area (Å²) in [5.41, 5.74) is -3.91. The minimum Gasteiger partial charge on any atom is -0.478 e. The van der Waals surface area contributed by atoms with E-state index in [2.05, 4.69) is 0 Å². The Morgan fingerprint density at radius 3 is 1.75 bits per heavy atom. The molecular formula is C34H40O10. The van der Waals surface area contributed by atoms with E-state index in [0.29, 0.717) is 22.3 Å². The van der Waals surface area contributed by atoms with E-state index < -0.39 is 69.7 Å². The Bertz CT molecular complexity index is 1430. The van der Waals surface area contributed by atoms with Gasteiger partial charge in [-0.3, -0.25) is 4.79 Å². The third kappa shape index (κ3) is 5.10. The molecular weight excluding hydrogens is 568 g/mol. The van der Waals surface area contributed by atoms with Gasteiger partial charge in [0, 0.05) is 35.5 Å². The number of aromatic carboxylic acids is 2. The molecule has 2 saturated carbocycles. The van der Waals surface area contributed by atoms with Gasteiger partial charge in [-0.15, -0.1) is 0 Å². The summed E-state index contributed by atoms with van der Waals surface area (Å²) < 4.78 is 0. The van der Waals surface area contributed by atoms with Crippen LogP contribution in [-0.4, -0.2) is 83.0 Å². The molecule has 0 radical (unpaired) electrons. The SMILES string of the molecule is CC1=C[C@H]2[C@@]3(O)[C@H](C)[C@@H](O)C4(O)[C@H]([C@@H]3C=C(CO)C[C@]2(O)C1=O)C4(C)C.O=C(O)c1ccccc1.O=C(O)c1ccccc1. The van der Waals surface area contributed by atoms with Crippen LogP contribution in [0.5, 0.6) is 0 Å². The van der Waals surface area contributed by atoms with Crippen molar-refractivity contribution in [2.24, 2.45) is 29.1 Å². The summed E-state index contributed by atoms with van der Waals surface area (Å²) in [7, 11) is 0. The molecule has 10 heteroatoms. The Balaban J connectivity index is 0.000000200. The monoisotopic (exact) mass is 608 g/mol. The van der Waals surface area contributed by atoms with E-state index >= 15 is 0 Å². The summed E-state index contributed by atoms with van der Waals surface area (Å²) >= 11 is 0. The smallest absolute Gasteiger partial charge is 0.335 e. The predicted octanol–water partition coefficient (Wildman–Crippen LogP) is 2.70. The molecule has 0 saturated heterocycles. The lowest BCUT2D eigenvalue weighted by atomic mass is 9.59. The van der Waals surface area contributed by atoms with E-state index in [9.17, 15) is 39.9 Å². The number of carboxylic acid groups (broad SMARTS) is 2. The number of carbonyl (C=O) groups is 3. The van der Waals surface area contributed by atoms with E-state index in [1.165, 1.54) is 0 Å². The molecule has 2 fully saturated rings. The van der Waals surface area contributed by atoms with Crippen molar-refractivity contribution in [2.45, 2.75) is 57.0 Å². The fourth-order valence-corrected chi connectivity index (χ4v) is 7.61. The Labute approximate surface area is 255 Å². The molecule has 4 aliphatic carbocycles. The summed E-state index contributed by atoms with van der Waals surface area (Å²) in [5.74, 6) is -4.90. The van der Waals surface area contributed by atoms with E-state index in [1.807, 2.05) is 13.8 Å². The zero-order valence-corrected chi connectivity index (χ0v) is 25.1. The van der Waals surface area contributed by atoms with Crippen LogP contribution in [0.25, 0.3) is 0 Å². The standard InChI is InChI=1S/C20H28O6.2C7H6O2/c1-9-5-13-18(24,15(9)22)7-11(8-21)6-12-14-17(3,4)20(14,26)16(23)10(2)19(12,13)25;2*8-7(9)6-4-2-1-3-5-6/h5-6,10,12-14,16,21,23-26H,7-8H2,1-4H3;2*1-5H,(H,8,9)/t10-,12+,13-,14-,16-,18-,19-,20?;;/m1../s1. The highest BCUT2D eigenvalue weighted by Gasteiger charge is 2.84. The van der Waals surface area contributed by atoms with Gasteiger partial charge in [-0.05, 0) is 42.3 Å². The van der Waals surface area contributed by atoms with Crippen LogP contribution in [0.4, 0.5) is 0 Å². The molecule has 8 atom stereocenters. The van der Waals surface area contributed by atoms with Crippen molar-refractivity contribution in [3.8, 4) is 0 Å². The quantitative estimate of drug-likeness (QED) is 0.255. The second kappa shape index (κ2) is 11.7. The average Bonchev–Trinajstić information content (AvgIpc) is 3.40. The number of aliphatic hydroxyl groups is 5. The van der Waals surface area contributed by atoms with Gasteiger partial charge in [0.15, 0.2) is 5.78 Å². The van der Waals surface area contributed by atoms with Crippen molar-refractivity contribution in [1.82, 2.24) is 0 Å². The molecule has 236 valence electrons. The third-order valence-corrected chi connectivity index (χ3v) is 10.1. The van der Waals surface area contributed by atoms with Crippen LogP contribution in [-0.2, 0) is 4.79 Å². The Kier molecular flexibility index (Phi) is 8.82. The molecule has 0 aliphatic heterocycles. The molecule has 0 bridgehead atoms. The maximum atomic E-state index is 12.7. The van der Waals surface area contributed by atoms with Gasteiger partial charge in [0.1, 0.15) is 11.2 Å². The number of carboxylic acids is 2. The van der Waals surface area contributed by atoms with Crippen LogP contribution in [0, 0.1) is 29.1 Å². The van der Waals surface area contributed by atoms with Crippen LogP contribution in [0.3, 0.4) is 0 Å². The molecule has 0 amide bonds. The van der Waals surface area contributed by atoms with E-state index in [1.54, 1.807) is 86.7 Å². The molecule has 6 rings (SSSR count). The molecule has 2 aromatic carbocycles. The van der Waals surface area contributed by atoms with Crippen molar-refractivity contribution < 1.29 is 50.1 Å². The predicted molar refractivity (Wildman–Crippen MR) is 160 cm³/mol. The lowest BCUT2D eigenvalue weighted by molar-refractivity contribution is -0.209. The number of carbonyl (C=O) groups excluding carboxylic acids is 1. The van der Waals surface area contributed by atoms with Crippen LogP contribution in [0.1, 0.15) is 54.8 Å². The van der Waals surface area contributed by atoms with Gasteiger partial charge in [-0.2, -0.15) is 0 Å². The summed E-state index contributed by atoms with van der Waals surface area (Å²) in [5, 5.41) is 71.7. The number of benzene rings is 2. The summed E-state index contributed by atoms with van der Waals surface area (Å²) in [6.07, 6.45) is 2.08. The topological polar surface area (TPSA) is 193 Å². The van der Waals surface area contributed by atoms with Crippen LogP contribution >= 0.6 is 0 Å². The zero-order valence-electron chi connectivity index (χ0n) is 25.1. The molecule has 0 heterocycles. The van der Waals surface area contributed by atoms with Gasteiger partial charge in [0.05, 0.1) is 29.4 Å². The van der Waals surface area contributed by atoms with Gasteiger partial charge >= 0.3 is 11.9 Å². The molecule has 2 aromatic rings. The fraction of sp³-hybridized carbons (Fsp3) is 0.441. The highest BCUT2D eigenvalue weighted by molar-refractivity contribution is 6.04. The molecule has 44 heavy (non-hydrogen) atoms. The van der Waals surface area contributed by atoms with E-state index in [4.69, 9.17) is 10.2 Å². The van der Waals surface area contributed by atoms with E-state index in [-0.39, 0.29) is 13.0 Å². The minimum absolute atomic E-state index is 0.0615. The molecule has 0 aromatic heterocycles. The first kappa shape index (κ1) is 33.2. The molecule has 0 spiro atoms. The number of rotatable bonds is 3. The Hall–Kier alpha value is -3.67. The Morgan fingerprint density at radius 1 is 0.864 bits per heavy atom. The van der Waals surface area contributed by atoms with Crippen molar-refractivity contribution in [2.75, 3.05) is 6.61 Å². The lowest BCUT2D eigenvalue weighted by Crippen LogP contribution is -2.65. The van der Waals surface area contributed by atoms with Crippen molar-refractivity contribution in [3.63, 3.8) is 0 Å². The highest BCUT2D eigenvalue weighted by atomic mass is 16.4. The number of aliphatic hydroxyl groups excluding tert-OH is 2. The average molecular weight is 609 g/mol. The van der Waals surface area contributed by atoms with Crippen LogP contribution in [0.15, 0.2) is 84.0 Å². The molecule has 7 N–H and O–H groups in total. The fourth-order valence-electron chi connectivity index (χ4n) is 7.61. The van der Waals surface area contributed by atoms with Crippen LogP contribution < -0.4 is 0 Å². The number of ketones is 1. The van der Waals surface area contributed by atoms with Crippen molar-refractivity contribution in [3.05, 3.63) is 95.1 Å². The normalized spacial score (nSPS) is 35.8. The number of fused-ring (bicyclic) bond motifs is 5.